The molecule has 0 unspecified atom stereocenters. The van der Waals surface area contributed by atoms with E-state index in [1.165, 1.54) is 6.92 Å². The topological polar surface area (TPSA) is 66.4 Å². The van der Waals surface area contributed by atoms with E-state index in [1.807, 2.05) is 6.92 Å². The number of benzene rings is 1. The molecule has 0 spiro atoms. The summed E-state index contributed by atoms with van der Waals surface area (Å²) in [5.74, 6) is -2.08. The zero-order valence-electron chi connectivity index (χ0n) is 11.4. The Morgan fingerprint density at radius 3 is 2.38 bits per heavy atom. The maximum Gasteiger partial charge on any atom is 0.416 e. The fraction of sp³-hybridized carbons (Fsp3) is 0.286. The van der Waals surface area contributed by atoms with Gasteiger partial charge in [0, 0.05) is 11.3 Å². The lowest BCUT2D eigenvalue weighted by Gasteiger charge is -2.12. The van der Waals surface area contributed by atoms with Crippen molar-refractivity contribution in [2.75, 3.05) is 5.32 Å². The van der Waals surface area contributed by atoms with Crippen LogP contribution in [-0.2, 0) is 11.0 Å². The largest absolute Gasteiger partial charge is 0.478 e. The fourth-order valence-corrected chi connectivity index (χ4v) is 1.62. The molecule has 0 bridgehead atoms. The number of anilines is 1. The SMILES string of the molecule is CC/C=C(/C)C(=O)Nc1cc(C(=O)O)cc(C(F)(F)F)c1. The molecular formula is C14H14F3NO3. The highest BCUT2D eigenvalue weighted by Crippen LogP contribution is 2.32. The van der Waals surface area contributed by atoms with E-state index >= 15 is 0 Å². The Bertz CT molecular complexity index is 592. The van der Waals surface area contributed by atoms with E-state index in [0.29, 0.717) is 24.1 Å². The molecule has 0 heterocycles. The molecule has 4 nitrogen and oxygen atoms in total. The van der Waals surface area contributed by atoms with Crippen LogP contribution in [0.3, 0.4) is 0 Å². The van der Waals surface area contributed by atoms with E-state index < -0.39 is 29.2 Å². The predicted molar refractivity (Wildman–Crippen MR) is 71.1 cm³/mol. The van der Waals surface area contributed by atoms with Gasteiger partial charge in [0.2, 0.25) is 0 Å². The Kier molecular flexibility index (Phi) is 5.12. The Balaban J connectivity index is 3.18. The first-order valence-electron chi connectivity index (χ1n) is 6.08. The third kappa shape index (κ3) is 4.62. The minimum absolute atomic E-state index is 0.212. The van der Waals surface area contributed by atoms with Crippen LogP contribution >= 0.6 is 0 Å². The van der Waals surface area contributed by atoms with Crippen molar-refractivity contribution in [3.05, 3.63) is 41.0 Å². The summed E-state index contributed by atoms with van der Waals surface area (Å²) in [5, 5.41) is 11.1. The molecule has 1 aromatic carbocycles. The van der Waals surface area contributed by atoms with Crippen molar-refractivity contribution >= 4 is 17.6 Å². The maximum absolute atomic E-state index is 12.7. The molecule has 0 saturated heterocycles. The Morgan fingerprint density at radius 2 is 1.90 bits per heavy atom. The quantitative estimate of drug-likeness (QED) is 0.833. The molecule has 2 N–H and O–H groups in total. The summed E-state index contributed by atoms with van der Waals surface area (Å²) < 4.78 is 38.1. The van der Waals surface area contributed by atoms with Gasteiger partial charge in [-0.05, 0) is 31.5 Å². The van der Waals surface area contributed by atoms with Gasteiger partial charge in [-0.1, -0.05) is 13.0 Å². The lowest BCUT2D eigenvalue weighted by molar-refractivity contribution is -0.137. The average Bonchev–Trinajstić information content (AvgIpc) is 2.37. The minimum Gasteiger partial charge on any atom is -0.478 e. The molecule has 0 saturated carbocycles. The van der Waals surface area contributed by atoms with Gasteiger partial charge in [0.05, 0.1) is 11.1 Å². The lowest BCUT2D eigenvalue weighted by Crippen LogP contribution is -2.15. The van der Waals surface area contributed by atoms with Crippen LogP contribution in [-0.4, -0.2) is 17.0 Å². The standard InChI is InChI=1S/C14H14F3NO3/c1-3-4-8(2)12(19)18-11-6-9(13(20)21)5-10(7-11)14(15,16)17/h4-7H,3H2,1-2H3,(H,18,19)(H,20,21)/b8-4-. The second-order valence-electron chi connectivity index (χ2n) is 4.35. The smallest absolute Gasteiger partial charge is 0.416 e. The fourth-order valence-electron chi connectivity index (χ4n) is 1.62. The van der Waals surface area contributed by atoms with Crippen molar-refractivity contribution in [1.82, 2.24) is 0 Å². The van der Waals surface area contributed by atoms with Gasteiger partial charge in [-0.3, -0.25) is 4.79 Å². The third-order valence-electron chi connectivity index (χ3n) is 2.63. The van der Waals surface area contributed by atoms with Crippen LogP contribution in [0.1, 0.15) is 36.2 Å². The molecule has 0 aliphatic rings. The van der Waals surface area contributed by atoms with Crippen LogP contribution in [0.2, 0.25) is 0 Å². The summed E-state index contributed by atoms with van der Waals surface area (Å²) >= 11 is 0. The second kappa shape index (κ2) is 6.43. The number of nitrogens with one attached hydrogen (secondary N) is 1. The Hall–Kier alpha value is -2.31. The molecule has 114 valence electrons. The van der Waals surface area contributed by atoms with Crippen molar-refractivity contribution in [1.29, 1.82) is 0 Å². The van der Waals surface area contributed by atoms with Crippen LogP contribution in [0.25, 0.3) is 0 Å². The number of allylic oxidation sites excluding steroid dienone is 1. The van der Waals surface area contributed by atoms with E-state index in [4.69, 9.17) is 5.11 Å². The predicted octanol–water partition coefficient (Wildman–Crippen LogP) is 3.70. The Morgan fingerprint density at radius 1 is 1.29 bits per heavy atom. The Labute approximate surface area is 119 Å². The van der Waals surface area contributed by atoms with Gasteiger partial charge in [-0.25, -0.2) is 4.79 Å². The van der Waals surface area contributed by atoms with E-state index in [1.54, 1.807) is 6.08 Å². The van der Waals surface area contributed by atoms with Gasteiger partial charge in [0.1, 0.15) is 0 Å². The zero-order valence-corrected chi connectivity index (χ0v) is 11.4. The summed E-state index contributed by atoms with van der Waals surface area (Å²) in [6.07, 6.45) is -2.48. The number of rotatable bonds is 4. The number of halogens is 3. The molecule has 7 heteroatoms. The number of carboxylic acid groups (broad SMARTS) is 1. The summed E-state index contributed by atoms with van der Waals surface area (Å²) in [5.41, 5.74) is -1.55. The number of aromatic carboxylic acids is 1. The molecule has 0 atom stereocenters. The van der Waals surface area contributed by atoms with Crippen LogP contribution < -0.4 is 5.32 Å². The van der Waals surface area contributed by atoms with Gasteiger partial charge in [-0.15, -0.1) is 0 Å². The van der Waals surface area contributed by atoms with E-state index in [2.05, 4.69) is 5.32 Å². The number of carbonyl (C=O) groups excluding carboxylic acids is 1. The molecule has 1 aromatic rings. The summed E-state index contributed by atoms with van der Waals surface area (Å²) in [7, 11) is 0. The normalized spacial score (nSPS) is 12.1. The molecule has 0 radical (unpaired) electrons. The highest BCUT2D eigenvalue weighted by atomic mass is 19.4. The highest BCUT2D eigenvalue weighted by molar-refractivity contribution is 6.04. The first-order chi connectivity index (χ1) is 9.65. The molecule has 0 aliphatic heterocycles. The van der Waals surface area contributed by atoms with Crippen molar-refractivity contribution in [2.24, 2.45) is 0 Å². The highest BCUT2D eigenvalue weighted by Gasteiger charge is 2.32. The number of carbonyl (C=O) groups is 2. The van der Waals surface area contributed by atoms with Gasteiger partial charge >= 0.3 is 12.1 Å². The molecule has 0 aromatic heterocycles. The number of carboxylic acids is 1. The second-order valence-corrected chi connectivity index (χ2v) is 4.35. The third-order valence-corrected chi connectivity index (χ3v) is 2.63. The lowest BCUT2D eigenvalue weighted by atomic mass is 10.1. The van der Waals surface area contributed by atoms with Gasteiger partial charge in [0.15, 0.2) is 0 Å². The molecular weight excluding hydrogens is 287 g/mol. The van der Waals surface area contributed by atoms with E-state index in [0.717, 1.165) is 6.07 Å². The molecule has 1 amide bonds. The van der Waals surface area contributed by atoms with Crippen LogP contribution in [0.15, 0.2) is 29.8 Å². The molecule has 0 fully saturated rings. The number of hydrogen-bond acceptors (Lipinski definition) is 2. The maximum atomic E-state index is 12.7. The first kappa shape index (κ1) is 16.7. The average molecular weight is 301 g/mol. The number of amides is 1. The van der Waals surface area contributed by atoms with Crippen molar-refractivity contribution in [3.63, 3.8) is 0 Å². The van der Waals surface area contributed by atoms with Gasteiger partial charge < -0.3 is 10.4 Å². The summed E-state index contributed by atoms with van der Waals surface area (Å²) in [6.45, 7) is 3.33. The first-order valence-corrected chi connectivity index (χ1v) is 6.08. The van der Waals surface area contributed by atoms with E-state index in [-0.39, 0.29) is 5.69 Å². The van der Waals surface area contributed by atoms with Crippen molar-refractivity contribution < 1.29 is 27.9 Å². The van der Waals surface area contributed by atoms with Crippen LogP contribution in [0.5, 0.6) is 0 Å². The van der Waals surface area contributed by atoms with Gasteiger partial charge in [-0.2, -0.15) is 13.2 Å². The molecule has 21 heavy (non-hydrogen) atoms. The summed E-state index contributed by atoms with van der Waals surface area (Å²) in [6, 6.07) is 2.20. The summed E-state index contributed by atoms with van der Waals surface area (Å²) in [4.78, 5) is 22.6. The molecule has 1 rings (SSSR count). The van der Waals surface area contributed by atoms with Crippen LogP contribution in [0, 0.1) is 0 Å². The van der Waals surface area contributed by atoms with Gasteiger partial charge in [0.25, 0.3) is 5.91 Å². The van der Waals surface area contributed by atoms with Crippen molar-refractivity contribution in [3.8, 4) is 0 Å². The number of alkyl halides is 3. The molecule has 0 aliphatic carbocycles. The monoisotopic (exact) mass is 301 g/mol. The number of hydrogen-bond donors (Lipinski definition) is 2. The van der Waals surface area contributed by atoms with Crippen LogP contribution in [0.4, 0.5) is 18.9 Å². The van der Waals surface area contributed by atoms with Crippen molar-refractivity contribution in [2.45, 2.75) is 26.4 Å². The van der Waals surface area contributed by atoms with E-state index in [9.17, 15) is 22.8 Å². The zero-order chi connectivity index (χ0) is 16.2. The minimum atomic E-state index is -4.70.